The van der Waals surface area contributed by atoms with Gasteiger partial charge in [-0.05, 0) is 48.2 Å². The van der Waals surface area contributed by atoms with Crippen molar-refractivity contribution in [2.24, 2.45) is 0 Å². The zero-order chi connectivity index (χ0) is 22.3. The van der Waals surface area contributed by atoms with Crippen molar-refractivity contribution in [2.75, 3.05) is 45.5 Å². The number of thiazole rings is 1. The van der Waals surface area contributed by atoms with E-state index in [1.807, 2.05) is 24.4 Å². The second-order valence-corrected chi connectivity index (χ2v) is 9.73. The molecule has 1 saturated carbocycles. The highest BCUT2D eigenvalue weighted by Crippen LogP contribution is 2.51. The molecule has 2 aromatic carbocycles. The number of hydrogen-bond acceptors (Lipinski definition) is 8. The number of morpholine rings is 1. The smallest absolute Gasteiger partial charge is 0.231 e. The van der Waals surface area contributed by atoms with Gasteiger partial charge in [-0.3, -0.25) is 4.90 Å². The van der Waals surface area contributed by atoms with E-state index in [-0.39, 0.29) is 11.6 Å². The van der Waals surface area contributed by atoms with E-state index < -0.39 is 0 Å². The van der Waals surface area contributed by atoms with Crippen LogP contribution in [0.3, 0.4) is 0 Å². The van der Waals surface area contributed by atoms with E-state index in [1.54, 1.807) is 18.4 Å². The highest BCUT2D eigenvalue weighted by molar-refractivity contribution is 7.15. The minimum absolute atomic E-state index is 0.0787. The van der Waals surface area contributed by atoms with E-state index in [2.05, 4.69) is 34.5 Å². The summed E-state index contributed by atoms with van der Waals surface area (Å²) in [6, 6.07) is 14.8. The molecule has 8 heteroatoms. The molecule has 1 aromatic heterocycles. The molecule has 2 fully saturated rings. The fourth-order valence-corrected chi connectivity index (χ4v) is 5.73. The first-order valence-electron chi connectivity index (χ1n) is 11.3. The number of hydrogen-bond donors (Lipinski definition) is 1. The predicted octanol–water partition coefficient (Wildman–Crippen LogP) is 4.40. The zero-order valence-corrected chi connectivity index (χ0v) is 19.4. The molecule has 1 saturated heterocycles. The van der Waals surface area contributed by atoms with Crippen LogP contribution in [0.25, 0.3) is 0 Å². The van der Waals surface area contributed by atoms with Crippen molar-refractivity contribution in [3.8, 4) is 17.2 Å². The maximum absolute atomic E-state index is 5.61. The van der Waals surface area contributed by atoms with E-state index >= 15 is 0 Å². The molecule has 2 aliphatic heterocycles. The molecule has 0 spiro atoms. The number of aromatic nitrogens is 1. The lowest BCUT2D eigenvalue weighted by Gasteiger charge is -2.34. The first-order chi connectivity index (χ1) is 16.2. The van der Waals surface area contributed by atoms with Gasteiger partial charge >= 0.3 is 0 Å². The van der Waals surface area contributed by atoms with Crippen molar-refractivity contribution in [3.63, 3.8) is 0 Å². The monoisotopic (exact) mass is 465 g/mol. The third kappa shape index (κ3) is 4.03. The summed E-state index contributed by atoms with van der Waals surface area (Å²) >= 11 is 1.73. The van der Waals surface area contributed by atoms with Gasteiger partial charge in [-0.1, -0.05) is 18.2 Å². The molecular weight excluding hydrogens is 438 g/mol. The highest BCUT2D eigenvalue weighted by Gasteiger charge is 2.45. The number of ether oxygens (including phenoxy) is 4. The molecule has 3 aromatic rings. The Morgan fingerprint density at radius 1 is 1.06 bits per heavy atom. The lowest BCUT2D eigenvalue weighted by molar-refractivity contribution is 0.0245. The van der Waals surface area contributed by atoms with Crippen LogP contribution in [0.1, 0.15) is 34.9 Å². The van der Waals surface area contributed by atoms with Crippen LogP contribution < -0.4 is 19.5 Å². The maximum Gasteiger partial charge on any atom is 0.231 e. The van der Waals surface area contributed by atoms with Gasteiger partial charge in [0.25, 0.3) is 0 Å². The molecule has 0 bridgehead atoms. The Bertz CT molecular complexity index is 1120. The molecule has 3 aliphatic rings. The van der Waals surface area contributed by atoms with E-state index in [4.69, 9.17) is 23.9 Å². The summed E-state index contributed by atoms with van der Waals surface area (Å²) in [6.07, 6.45) is 4.17. The number of nitrogens with zero attached hydrogens (tertiary/aromatic N) is 2. The van der Waals surface area contributed by atoms with Gasteiger partial charge in [0, 0.05) is 24.2 Å². The summed E-state index contributed by atoms with van der Waals surface area (Å²) in [5, 5.41) is 4.68. The summed E-state index contributed by atoms with van der Waals surface area (Å²) in [5.41, 5.74) is 2.39. The second kappa shape index (κ2) is 8.52. The van der Waals surface area contributed by atoms with Gasteiger partial charge in [-0.2, -0.15) is 0 Å². The Morgan fingerprint density at radius 2 is 1.85 bits per heavy atom. The summed E-state index contributed by atoms with van der Waals surface area (Å²) in [6.45, 7) is 3.61. The van der Waals surface area contributed by atoms with Gasteiger partial charge in [-0.25, -0.2) is 4.98 Å². The van der Waals surface area contributed by atoms with Crippen molar-refractivity contribution in [2.45, 2.75) is 24.4 Å². The van der Waals surface area contributed by atoms with Gasteiger partial charge in [0.2, 0.25) is 6.79 Å². The largest absolute Gasteiger partial charge is 0.497 e. The Kier molecular flexibility index (Phi) is 5.36. The van der Waals surface area contributed by atoms with Crippen LogP contribution in [0.2, 0.25) is 0 Å². The van der Waals surface area contributed by atoms with Crippen molar-refractivity contribution in [1.82, 2.24) is 9.88 Å². The lowest BCUT2D eigenvalue weighted by atomic mass is 10.0. The van der Waals surface area contributed by atoms with Crippen LogP contribution in [0.15, 0.2) is 48.7 Å². The molecule has 0 amide bonds. The predicted molar refractivity (Wildman–Crippen MR) is 126 cm³/mol. The second-order valence-electron chi connectivity index (χ2n) is 8.67. The van der Waals surface area contributed by atoms with E-state index in [0.717, 1.165) is 61.5 Å². The normalized spacial score (nSPS) is 19.8. The van der Waals surface area contributed by atoms with Crippen molar-refractivity contribution >= 4 is 16.5 Å². The average Bonchev–Trinajstić information content (AvgIpc) is 3.26. The van der Waals surface area contributed by atoms with Crippen LogP contribution in [0, 0.1) is 0 Å². The molecule has 1 N–H and O–H groups in total. The number of rotatable bonds is 7. The first kappa shape index (κ1) is 20.8. The van der Waals surface area contributed by atoms with Gasteiger partial charge in [0.05, 0.1) is 31.9 Å². The molecule has 1 atom stereocenters. The lowest BCUT2D eigenvalue weighted by Crippen LogP contribution is -2.39. The SMILES string of the molecule is COc1ccc(C(c2cnc(NC3(c4ccc5c(c4)OCO5)CC3)s2)N2CCOCC2)cc1. The standard InChI is InChI=1S/C25H27N3O4S/c1-29-19-5-2-17(3-6-19)23(28-10-12-30-13-11-28)22-15-26-24(33-22)27-25(8-9-25)18-4-7-20-21(14-18)32-16-31-20/h2-7,14-15,23H,8-13,16H2,1H3,(H,26,27). The third-order valence-corrected chi connectivity index (χ3v) is 7.62. The number of nitrogens with one attached hydrogen (secondary N) is 1. The van der Waals surface area contributed by atoms with Crippen molar-refractivity contribution in [3.05, 3.63) is 64.7 Å². The molecule has 1 unspecified atom stereocenters. The average molecular weight is 466 g/mol. The van der Waals surface area contributed by atoms with Crippen molar-refractivity contribution in [1.29, 1.82) is 0 Å². The molecule has 7 nitrogen and oxygen atoms in total. The van der Waals surface area contributed by atoms with Gasteiger partial charge in [0.1, 0.15) is 5.75 Å². The Balaban J connectivity index is 1.26. The van der Waals surface area contributed by atoms with Crippen LogP contribution in [0.5, 0.6) is 17.2 Å². The minimum atomic E-state index is -0.0787. The molecule has 0 radical (unpaired) electrons. The zero-order valence-electron chi connectivity index (χ0n) is 18.6. The molecule has 33 heavy (non-hydrogen) atoms. The fourth-order valence-electron chi connectivity index (χ4n) is 4.66. The highest BCUT2D eigenvalue weighted by atomic mass is 32.1. The van der Waals surface area contributed by atoms with E-state index in [9.17, 15) is 0 Å². The van der Waals surface area contributed by atoms with Gasteiger partial charge in [0.15, 0.2) is 16.6 Å². The van der Waals surface area contributed by atoms with E-state index in [1.165, 1.54) is 16.0 Å². The molecule has 172 valence electrons. The number of fused-ring (bicyclic) bond motifs is 1. The number of methoxy groups -OCH3 is 1. The van der Waals surface area contributed by atoms with Gasteiger partial charge < -0.3 is 24.3 Å². The Morgan fingerprint density at radius 3 is 2.61 bits per heavy atom. The number of anilines is 1. The van der Waals surface area contributed by atoms with Crippen LogP contribution in [-0.2, 0) is 10.3 Å². The fraction of sp³-hybridized carbons (Fsp3) is 0.400. The summed E-state index contributed by atoms with van der Waals surface area (Å²) in [4.78, 5) is 8.49. The Hall–Kier alpha value is -2.81. The third-order valence-electron chi connectivity index (χ3n) is 6.66. The first-order valence-corrected chi connectivity index (χ1v) is 12.2. The maximum atomic E-state index is 5.61. The molecule has 1 aliphatic carbocycles. The van der Waals surface area contributed by atoms with Crippen LogP contribution >= 0.6 is 11.3 Å². The number of benzene rings is 2. The Labute approximate surface area is 197 Å². The topological polar surface area (TPSA) is 65.1 Å². The van der Waals surface area contributed by atoms with Crippen LogP contribution in [-0.4, -0.2) is 50.1 Å². The van der Waals surface area contributed by atoms with E-state index in [0.29, 0.717) is 6.79 Å². The van der Waals surface area contributed by atoms with Gasteiger partial charge in [-0.15, -0.1) is 11.3 Å². The van der Waals surface area contributed by atoms with Crippen LogP contribution in [0.4, 0.5) is 5.13 Å². The molecule has 3 heterocycles. The summed E-state index contributed by atoms with van der Waals surface area (Å²) < 4.78 is 22.0. The quantitative estimate of drug-likeness (QED) is 0.555. The summed E-state index contributed by atoms with van der Waals surface area (Å²) in [7, 11) is 1.70. The molecule has 6 rings (SSSR count). The van der Waals surface area contributed by atoms with Crippen molar-refractivity contribution < 1.29 is 18.9 Å². The summed E-state index contributed by atoms with van der Waals surface area (Å²) in [5.74, 6) is 2.51. The molecular formula is C25H27N3O4S. The minimum Gasteiger partial charge on any atom is -0.497 e.